The SMILES string of the molecule is O=C(C=CO)c1nc2ccccc2s1. The maximum atomic E-state index is 11.3. The van der Waals surface area contributed by atoms with Gasteiger partial charge in [-0.3, -0.25) is 4.79 Å². The van der Waals surface area contributed by atoms with E-state index < -0.39 is 0 Å². The number of hydrogen-bond acceptors (Lipinski definition) is 4. The van der Waals surface area contributed by atoms with Crippen LogP contribution in [0.4, 0.5) is 0 Å². The number of benzene rings is 1. The summed E-state index contributed by atoms with van der Waals surface area (Å²) in [5.41, 5.74) is 0.812. The van der Waals surface area contributed by atoms with Crippen LogP contribution in [0, 0.1) is 0 Å². The van der Waals surface area contributed by atoms with Gasteiger partial charge in [0.2, 0.25) is 5.78 Å². The van der Waals surface area contributed by atoms with E-state index in [9.17, 15) is 4.79 Å². The highest BCUT2D eigenvalue weighted by atomic mass is 32.1. The summed E-state index contributed by atoms with van der Waals surface area (Å²) in [5.74, 6) is -0.270. The summed E-state index contributed by atoms with van der Waals surface area (Å²) >= 11 is 1.32. The molecule has 1 aromatic heterocycles. The highest BCUT2D eigenvalue weighted by molar-refractivity contribution is 7.20. The Morgan fingerprint density at radius 1 is 1.43 bits per heavy atom. The second-order valence-corrected chi connectivity index (χ2v) is 3.70. The Labute approximate surface area is 84.3 Å². The molecule has 1 aromatic carbocycles. The first-order valence-electron chi connectivity index (χ1n) is 4.02. The van der Waals surface area contributed by atoms with Gasteiger partial charge in [-0.2, -0.15) is 0 Å². The second kappa shape index (κ2) is 3.59. The van der Waals surface area contributed by atoms with Crippen molar-refractivity contribution in [2.75, 3.05) is 0 Å². The molecule has 0 radical (unpaired) electrons. The number of thiazole rings is 1. The molecule has 0 saturated heterocycles. The smallest absolute Gasteiger partial charge is 0.217 e. The van der Waals surface area contributed by atoms with Crippen molar-refractivity contribution in [1.29, 1.82) is 0 Å². The molecule has 0 unspecified atom stereocenters. The first kappa shape index (κ1) is 8.90. The predicted molar refractivity (Wildman–Crippen MR) is 55.7 cm³/mol. The van der Waals surface area contributed by atoms with E-state index in [1.807, 2.05) is 24.3 Å². The van der Waals surface area contributed by atoms with E-state index in [1.54, 1.807) is 0 Å². The number of rotatable bonds is 2. The third kappa shape index (κ3) is 1.52. The number of nitrogens with zero attached hydrogens (tertiary/aromatic N) is 1. The molecule has 0 atom stereocenters. The van der Waals surface area contributed by atoms with Crippen LogP contribution in [0.5, 0.6) is 0 Å². The van der Waals surface area contributed by atoms with Gasteiger partial charge in [-0.1, -0.05) is 12.1 Å². The van der Waals surface area contributed by atoms with Gasteiger partial charge in [0, 0.05) is 6.08 Å². The fourth-order valence-electron chi connectivity index (χ4n) is 1.12. The van der Waals surface area contributed by atoms with Crippen LogP contribution < -0.4 is 0 Å². The van der Waals surface area contributed by atoms with E-state index in [0.29, 0.717) is 5.01 Å². The van der Waals surface area contributed by atoms with Crippen LogP contribution in [-0.2, 0) is 0 Å². The molecule has 0 fully saturated rings. The van der Waals surface area contributed by atoms with E-state index in [0.717, 1.165) is 22.6 Å². The van der Waals surface area contributed by atoms with Gasteiger partial charge in [0.05, 0.1) is 16.5 Å². The van der Waals surface area contributed by atoms with Gasteiger partial charge in [-0.25, -0.2) is 4.98 Å². The first-order chi connectivity index (χ1) is 6.81. The molecule has 4 heteroatoms. The lowest BCUT2D eigenvalue weighted by molar-refractivity contribution is 0.104. The van der Waals surface area contributed by atoms with E-state index in [2.05, 4.69) is 4.98 Å². The number of carbonyl (C=O) groups excluding carboxylic acids is 1. The summed E-state index contributed by atoms with van der Waals surface area (Å²) < 4.78 is 0.974. The van der Waals surface area contributed by atoms with Crippen LogP contribution in [0.1, 0.15) is 9.80 Å². The zero-order valence-corrected chi connectivity index (χ0v) is 7.99. The summed E-state index contributed by atoms with van der Waals surface area (Å²) in [6.07, 6.45) is 1.83. The standard InChI is InChI=1S/C10H7NO2S/c12-6-5-8(13)10-11-7-3-1-2-4-9(7)14-10/h1-6,12H. The summed E-state index contributed by atoms with van der Waals surface area (Å²) in [7, 11) is 0. The number of hydrogen-bond donors (Lipinski definition) is 1. The van der Waals surface area contributed by atoms with Gasteiger partial charge in [-0.15, -0.1) is 11.3 Å². The molecule has 0 aliphatic heterocycles. The van der Waals surface area contributed by atoms with Crippen molar-refractivity contribution in [2.45, 2.75) is 0 Å². The lowest BCUT2D eigenvalue weighted by Crippen LogP contribution is -1.91. The Morgan fingerprint density at radius 3 is 2.93 bits per heavy atom. The van der Waals surface area contributed by atoms with E-state index in [-0.39, 0.29) is 5.78 Å². The van der Waals surface area contributed by atoms with Crippen molar-refractivity contribution in [3.8, 4) is 0 Å². The minimum atomic E-state index is -0.270. The average molecular weight is 205 g/mol. The summed E-state index contributed by atoms with van der Waals surface area (Å²) in [4.78, 5) is 15.5. The molecule has 2 rings (SSSR count). The van der Waals surface area contributed by atoms with Crippen LogP contribution in [0.2, 0.25) is 0 Å². The lowest BCUT2D eigenvalue weighted by atomic mass is 10.3. The van der Waals surface area contributed by atoms with Crippen molar-refractivity contribution in [2.24, 2.45) is 0 Å². The minimum Gasteiger partial charge on any atom is -0.515 e. The summed E-state index contributed by atoms with van der Waals surface area (Å²) in [5, 5.41) is 8.85. The van der Waals surface area contributed by atoms with Crippen molar-refractivity contribution < 1.29 is 9.90 Å². The molecule has 70 valence electrons. The van der Waals surface area contributed by atoms with Crippen LogP contribution in [0.15, 0.2) is 36.6 Å². The number of carbonyl (C=O) groups is 1. The third-order valence-electron chi connectivity index (χ3n) is 1.73. The number of fused-ring (bicyclic) bond motifs is 1. The molecular weight excluding hydrogens is 198 g/mol. The zero-order valence-electron chi connectivity index (χ0n) is 7.18. The Bertz CT molecular complexity index is 469. The molecular formula is C10H7NO2S. The van der Waals surface area contributed by atoms with Crippen molar-refractivity contribution in [3.63, 3.8) is 0 Å². The van der Waals surface area contributed by atoms with Crippen molar-refractivity contribution >= 4 is 27.3 Å². The Morgan fingerprint density at radius 2 is 2.21 bits per heavy atom. The van der Waals surface area contributed by atoms with Crippen LogP contribution in [0.25, 0.3) is 10.2 Å². The van der Waals surface area contributed by atoms with Gasteiger partial charge >= 0.3 is 0 Å². The van der Waals surface area contributed by atoms with E-state index >= 15 is 0 Å². The van der Waals surface area contributed by atoms with Gasteiger partial charge < -0.3 is 5.11 Å². The molecule has 0 aliphatic carbocycles. The molecule has 14 heavy (non-hydrogen) atoms. The molecule has 1 heterocycles. The number of aromatic nitrogens is 1. The number of allylic oxidation sites excluding steroid dienone is 1. The van der Waals surface area contributed by atoms with Gasteiger partial charge in [0.15, 0.2) is 5.01 Å². The van der Waals surface area contributed by atoms with E-state index in [4.69, 9.17) is 5.11 Å². The average Bonchev–Trinajstić information content (AvgIpc) is 2.61. The maximum Gasteiger partial charge on any atom is 0.217 e. The first-order valence-corrected chi connectivity index (χ1v) is 4.83. The fourth-order valence-corrected chi connectivity index (χ4v) is 2.00. The van der Waals surface area contributed by atoms with Gasteiger partial charge in [0.1, 0.15) is 0 Å². The Kier molecular flexibility index (Phi) is 2.28. The number of para-hydroxylation sites is 1. The maximum absolute atomic E-state index is 11.3. The molecule has 3 nitrogen and oxygen atoms in total. The summed E-state index contributed by atoms with van der Waals surface area (Å²) in [6.45, 7) is 0. The molecule has 2 aromatic rings. The number of aliphatic hydroxyl groups is 1. The highest BCUT2D eigenvalue weighted by Gasteiger charge is 2.08. The minimum absolute atomic E-state index is 0.270. The van der Waals surface area contributed by atoms with E-state index in [1.165, 1.54) is 11.3 Å². The quantitative estimate of drug-likeness (QED) is 0.465. The van der Waals surface area contributed by atoms with Gasteiger partial charge in [-0.05, 0) is 12.1 Å². The topological polar surface area (TPSA) is 50.2 Å². The molecule has 1 N–H and O–H groups in total. The normalized spacial score (nSPS) is 11.1. The zero-order chi connectivity index (χ0) is 9.97. The fraction of sp³-hybridized carbons (Fsp3) is 0. The predicted octanol–water partition coefficient (Wildman–Crippen LogP) is 2.55. The summed E-state index contributed by atoms with van der Waals surface area (Å²) in [6, 6.07) is 7.53. The van der Waals surface area contributed by atoms with Crippen LogP contribution in [-0.4, -0.2) is 15.9 Å². The molecule has 0 saturated carbocycles. The molecule has 0 amide bonds. The second-order valence-electron chi connectivity index (χ2n) is 2.67. The van der Waals surface area contributed by atoms with Crippen molar-refractivity contribution in [1.82, 2.24) is 4.98 Å². The Balaban J connectivity index is 2.50. The lowest BCUT2D eigenvalue weighted by Gasteiger charge is -1.82. The Hall–Kier alpha value is -1.68. The molecule has 0 bridgehead atoms. The van der Waals surface area contributed by atoms with Gasteiger partial charge in [0.25, 0.3) is 0 Å². The monoisotopic (exact) mass is 205 g/mol. The number of ketones is 1. The molecule has 0 aliphatic rings. The van der Waals surface area contributed by atoms with Crippen LogP contribution in [0.3, 0.4) is 0 Å². The molecule has 0 spiro atoms. The number of aliphatic hydroxyl groups excluding tert-OH is 1. The largest absolute Gasteiger partial charge is 0.515 e. The highest BCUT2D eigenvalue weighted by Crippen LogP contribution is 2.21. The van der Waals surface area contributed by atoms with Crippen LogP contribution >= 0.6 is 11.3 Å². The van der Waals surface area contributed by atoms with Crippen molar-refractivity contribution in [3.05, 3.63) is 41.6 Å². The third-order valence-corrected chi connectivity index (χ3v) is 2.78.